The number of allylic oxidation sites excluding steroid dienone is 1. The Kier molecular flexibility index (Phi) is 8.93. The van der Waals surface area contributed by atoms with Crippen LogP contribution in [0.5, 0.6) is 11.5 Å². The Balaban J connectivity index is 1.54. The molecule has 0 amide bonds. The van der Waals surface area contributed by atoms with Crippen LogP contribution in [0.4, 0.5) is 0 Å². The zero-order valence-corrected chi connectivity index (χ0v) is 25.9. The van der Waals surface area contributed by atoms with Gasteiger partial charge in [-0.05, 0) is 69.4 Å². The van der Waals surface area contributed by atoms with Gasteiger partial charge in [0.15, 0.2) is 16.3 Å². The Morgan fingerprint density at radius 2 is 1.81 bits per heavy atom. The molecule has 0 bridgehead atoms. The third kappa shape index (κ3) is 6.04. The number of hydrogen-bond acceptors (Lipinski definition) is 8. The molecule has 0 saturated heterocycles. The Bertz CT molecular complexity index is 1910. The fourth-order valence-corrected chi connectivity index (χ4v) is 6.42. The Hall–Kier alpha value is -4.48. The molecule has 4 aromatic rings. The van der Waals surface area contributed by atoms with E-state index in [1.54, 1.807) is 28.8 Å². The minimum absolute atomic E-state index is 0.189. The summed E-state index contributed by atoms with van der Waals surface area (Å²) in [5.74, 6) is -0.613. The number of thiazole rings is 1. The van der Waals surface area contributed by atoms with Crippen molar-refractivity contribution in [2.24, 2.45) is 4.99 Å². The molecule has 3 aromatic carbocycles. The van der Waals surface area contributed by atoms with Gasteiger partial charge in [-0.25, -0.2) is 14.6 Å². The van der Waals surface area contributed by atoms with Crippen molar-refractivity contribution in [2.75, 3.05) is 14.2 Å². The number of carbonyl (C=O) groups excluding carboxylic acids is 1. The first-order chi connectivity index (χ1) is 20.7. The number of carboxylic acid groups (broad SMARTS) is 1. The number of ether oxygens (including phenoxy) is 3. The van der Waals surface area contributed by atoms with Crippen molar-refractivity contribution in [2.45, 2.75) is 26.0 Å². The number of halogens is 1. The lowest BCUT2D eigenvalue weighted by Crippen LogP contribution is -2.40. The second kappa shape index (κ2) is 12.8. The molecule has 1 aromatic heterocycles. The minimum Gasteiger partial charge on any atom is -0.493 e. The van der Waals surface area contributed by atoms with Gasteiger partial charge < -0.3 is 19.3 Å². The van der Waals surface area contributed by atoms with Crippen molar-refractivity contribution in [1.82, 2.24) is 4.57 Å². The third-order valence-electron chi connectivity index (χ3n) is 6.90. The topological polar surface area (TPSA) is 116 Å². The van der Waals surface area contributed by atoms with Crippen LogP contribution in [0.1, 0.15) is 46.4 Å². The van der Waals surface area contributed by atoms with Gasteiger partial charge >= 0.3 is 11.9 Å². The van der Waals surface area contributed by atoms with E-state index < -0.39 is 18.0 Å². The molecule has 220 valence electrons. The van der Waals surface area contributed by atoms with Crippen molar-refractivity contribution in [3.05, 3.63) is 124 Å². The number of esters is 1. The standard InChI is InChI=1S/C32H27BrN2O7S/c1-4-23-26(31(39)41-3)27(20-8-6-5-7-9-20)35-29(36)25(43-32(35)34-23)16-19-14-22(33)28(24(15-19)40-2)42-17-18-10-12-21(13-11-18)30(37)38/h5-16,27H,4,17H2,1-3H3,(H,37,38)/b25-16-/t27-/m0/s1. The Morgan fingerprint density at radius 3 is 2.44 bits per heavy atom. The summed E-state index contributed by atoms with van der Waals surface area (Å²) < 4.78 is 19.3. The van der Waals surface area contributed by atoms with Crippen LogP contribution in [0, 0.1) is 0 Å². The summed E-state index contributed by atoms with van der Waals surface area (Å²) in [6.07, 6.45) is 2.25. The molecule has 1 atom stereocenters. The van der Waals surface area contributed by atoms with Gasteiger partial charge in [0.2, 0.25) is 0 Å². The van der Waals surface area contributed by atoms with Crippen LogP contribution in [0.3, 0.4) is 0 Å². The lowest BCUT2D eigenvalue weighted by atomic mass is 9.95. The summed E-state index contributed by atoms with van der Waals surface area (Å²) >= 11 is 4.80. The van der Waals surface area contributed by atoms with Crippen molar-refractivity contribution < 1.29 is 28.9 Å². The maximum Gasteiger partial charge on any atom is 0.338 e. The fraction of sp³-hybridized carbons (Fsp3) is 0.188. The molecule has 11 heteroatoms. The molecule has 1 aliphatic rings. The average Bonchev–Trinajstić information content (AvgIpc) is 3.33. The summed E-state index contributed by atoms with van der Waals surface area (Å²) in [5, 5.41) is 9.11. The largest absolute Gasteiger partial charge is 0.493 e. The van der Waals surface area contributed by atoms with Crippen LogP contribution < -0.4 is 24.4 Å². The number of methoxy groups -OCH3 is 2. The maximum atomic E-state index is 13.9. The highest BCUT2D eigenvalue weighted by molar-refractivity contribution is 9.10. The molecule has 0 saturated carbocycles. The summed E-state index contributed by atoms with van der Waals surface area (Å²) in [5.41, 5.74) is 3.09. The third-order valence-corrected chi connectivity index (χ3v) is 8.47. The highest BCUT2D eigenvalue weighted by Gasteiger charge is 2.33. The number of nitrogens with zero attached hydrogens (tertiary/aromatic N) is 2. The second-order valence-corrected chi connectivity index (χ2v) is 11.4. The van der Waals surface area contributed by atoms with E-state index in [1.165, 1.54) is 37.7 Å². The minimum atomic E-state index is -0.995. The molecule has 0 aliphatic carbocycles. The van der Waals surface area contributed by atoms with E-state index in [-0.39, 0.29) is 17.7 Å². The first kappa shape index (κ1) is 30.0. The van der Waals surface area contributed by atoms with E-state index in [2.05, 4.69) is 15.9 Å². The van der Waals surface area contributed by atoms with Crippen LogP contribution in [-0.4, -0.2) is 35.8 Å². The first-order valence-electron chi connectivity index (χ1n) is 13.3. The van der Waals surface area contributed by atoms with E-state index in [9.17, 15) is 14.4 Å². The number of benzene rings is 3. The number of aromatic carboxylic acids is 1. The number of carbonyl (C=O) groups is 2. The zero-order chi connectivity index (χ0) is 30.7. The average molecular weight is 664 g/mol. The number of rotatable bonds is 9. The van der Waals surface area contributed by atoms with Gasteiger partial charge in [0.25, 0.3) is 5.56 Å². The molecule has 5 rings (SSSR count). The monoisotopic (exact) mass is 662 g/mol. The molecule has 1 aliphatic heterocycles. The van der Waals surface area contributed by atoms with Crippen molar-refractivity contribution in [3.63, 3.8) is 0 Å². The van der Waals surface area contributed by atoms with Gasteiger partial charge in [-0.3, -0.25) is 9.36 Å². The van der Waals surface area contributed by atoms with Crippen molar-refractivity contribution in [1.29, 1.82) is 0 Å². The molecule has 2 heterocycles. The predicted octanol–water partition coefficient (Wildman–Crippen LogP) is 4.85. The maximum absolute atomic E-state index is 13.9. The van der Waals surface area contributed by atoms with Gasteiger partial charge in [0.05, 0.1) is 46.1 Å². The zero-order valence-electron chi connectivity index (χ0n) is 23.5. The van der Waals surface area contributed by atoms with E-state index in [0.717, 1.165) is 11.1 Å². The van der Waals surface area contributed by atoms with Crippen LogP contribution in [0.2, 0.25) is 0 Å². The SMILES string of the molecule is CCC1=C(C(=O)OC)[C@H](c2ccccc2)n2c(s/c(=C\c3cc(Br)c(OCc4ccc(C(=O)O)cc4)c(OC)c3)c2=O)=N1. The summed E-state index contributed by atoms with van der Waals surface area (Å²) in [4.78, 5) is 43.2. The lowest BCUT2D eigenvalue weighted by molar-refractivity contribution is -0.136. The van der Waals surface area contributed by atoms with Gasteiger partial charge in [-0.1, -0.05) is 60.7 Å². The van der Waals surface area contributed by atoms with Crippen molar-refractivity contribution >= 4 is 45.3 Å². The predicted molar refractivity (Wildman–Crippen MR) is 165 cm³/mol. The van der Waals surface area contributed by atoms with E-state index >= 15 is 0 Å². The fourth-order valence-electron chi connectivity index (χ4n) is 4.83. The molecular weight excluding hydrogens is 636 g/mol. The van der Waals surface area contributed by atoms with Crippen LogP contribution >= 0.6 is 27.3 Å². The molecule has 9 nitrogen and oxygen atoms in total. The quantitative estimate of drug-likeness (QED) is 0.255. The van der Waals surface area contributed by atoms with Gasteiger partial charge in [-0.2, -0.15) is 0 Å². The van der Waals surface area contributed by atoms with E-state index in [1.807, 2.05) is 43.3 Å². The summed E-state index contributed by atoms with van der Waals surface area (Å²) in [7, 11) is 2.85. The normalized spacial score (nSPS) is 14.6. The smallest absolute Gasteiger partial charge is 0.338 e. The van der Waals surface area contributed by atoms with E-state index in [0.29, 0.717) is 48.6 Å². The molecular formula is C32H27BrN2O7S. The van der Waals surface area contributed by atoms with Crippen LogP contribution in [-0.2, 0) is 16.1 Å². The summed E-state index contributed by atoms with van der Waals surface area (Å²) in [6, 6.07) is 18.7. The summed E-state index contributed by atoms with van der Waals surface area (Å²) in [6.45, 7) is 2.10. The highest BCUT2D eigenvalue weighted by Crippen LogP contribution is 2.37. The molecule has 43 heavy (non-hydrogen) atoms. The number of carboxylic acids is 1. The van der Waals surface area contributed by atoms with Crippen LogP contribution in [0.15, 0.2) is 92.3 Å². The molecule has 0 spiro atoms. The number of aromatic nitrogens is 1. The lowest BCUT2D eigenvalue weighted by Gasteiger charge is -2.25. The van der Waals surface area contributed by atoms with Gasteiger partial charge in [0, 0.05) is 0 Å². The van der Waals surface area contributed by atoms with Crippen molar-refractivity contribution in [3.8, 4) is 11.5 Å². The Morgan fingerprint density at radius 1 is 1.09 bits per heavy atom. The van der Waals surface area contributed by atoms with Crippen LogP contribution in [0.25, 0.3) is 6.08 Å². The Labute approximate surface area is 259 Å². The number of hydrogen-bond donors (Lipinski definition) is 1. The molecule has 0 fully saturated rings. The molecule has 0 radical (unpaired) electrons. The number of fused-ring (bicyclic) bond motifs is 1. The molecule has 0 unspecified atom stereocenters. The highest BCUT2D eigenvalue weighted by atomic mass is 79.9. The van der Waals surface area contributed by atoms with Gasteiger partial charge in [0.1, 0.15) is 6.61 Å². The van der Waals surface area contributed by atoms with E-state index in [4.69, 9.17) is 24.3 Å². The second-order valence-electron chi connectivity index (χ2n) is 9.52. The first-order valence-corrected chi connectivity index (χ1v) is 14.9. The molecule has 1 N–H and O–H groups in total. The van der Waals surface area contributed by atoms with Gasteiger partial charge in [-0.15, -0.1) is 0 Å².